The van der Waals surface area contributed by atoms with Crippen LogP contribution in [0, 0.1) is 24.4 Å². The Bertz CT molecular complexity index is 1940. The minimum absolute atomic E-state index is 0.0710. The number of aliphatic hydroxyl groups is 1. The molecule has 2 aromatic heterocycles. The van der Waals surface area contributed by atoms with Gasteiger partial charge in [-0.1, -0.05) is 0 Å². The highest BCUT2D eigenvalue weighted by atomic mass is 19.4. The molecule has 0 saturated heterocycles. The first-order chi connectivity index (χ1) is 21.9. The first-order valence-corrected chi connectivity index (χ1v) is 13.4. The number of halogens is 8. The van der Waals surface area contributed by atoms with Crippen LogP contribution in [-0.2, 0) is 15.8 Å². The lowest BCUT2D eigenvalue weighted by Gasteiger charge is -2.31. The Morgan fingerprint density at radius 2 is 1.83 bits per heavy atom. The molecule has 0 aliphatic carbocycles. The van der Waals surface area contributed by atoms with Crippen LogP contribution in [0.3, 0.4) is 0 Å². The summed E-state index contributed by atoms with van der Waals surface area (Å²) in [6.45, 7) is -2.79. The largest absolute Gasteiger partial charge is 0.489 e. The standard InChI is InChI=1S/C30H22F8N4O5/c1-12-5-13-6-14(7-18(47-27(34)35)22(13)40-9-12)25(43)41-10-29(45,30(36,37)38)19-8-16-24(46-11-28(16,2)26(39)44)23(42-19)15-3-4-17(31)21(33)20(15)32/h3-9,27,45H,10-11H2,1-2H3,(H2,39,44)(H,41,43)/t28-,29?/m0/s1. The molecular formula is C30H22F8N4O5. The van der Waals surface area contributed by atoms with Crippen molar-refractivity contribution in [3.05, 3.63) is 82.4 Å². The zero-order valence-electron chi connectivity index (χ0n) is 24.1. The third kappa shape index (κ3) is 5.75. The minimum Gasteiger partial charge on any atom is -0.489 e. The van der Waals surface area contributed by atoms with Crippen molar-refractivity contribution in [1.29, 1.82) is 0 Å². The molecule has 2 amide bonds. The van der Waals surface area contributed by atoms with Crippen LogP contribution < -0.4 is 20.5 Å². The third-order valence-corrected chi connectivity index (χ3v) is 7.67. The molecule has 1 aliphatic rings. The summed E-state index contributed by atoms with van der Waals surface area (Å²) < 4.78 is 123. The van der Waals surface area contributed by atoms with Gasteiger partial charge in [0.2, 0.25) is 11.5 Å². The molecule has 0 spiro atoms. The number of rotatable bonds is 8. The van der Waals surface area contributed by atoms with Gasteiger partial charge in [-0.3, -0.25) is 14.6 Å². The molecule has 3 heterocycles. The van der Waals surface area contributed by atoms with Crippen molar-refractivity contribution in [1.82, 2.24) is 15.3 Å². The van der Waals surface area contributed by atoms with Gasteiger partial charge in [0.15, 0.2) is 23.2 Å². The summed E-state index contributed by atoms with van der Waals surface area (Å²) in [7, 11) is 0. The Balaban J connectivity index is 1.62. The molecule has 0 bridgehead atoms. The maximum absolute atomic E-state index is 14.9. The van der Waals surface area contributed by atoms with Gasteiger partial charge in [-0.25, -0.2) is 18.2 Å². The van der Waals surface area contributed by atoms with Crippen LogP contribution in [0.4, 0.5) is 35.1 Å². The van der Waals surface area contributed by atoms with Gasteiger partial charge in [0.1, 0.15) is 29.0 Å². The molecule has 2 aromatic carbocycles. The van der Waals surface area contributed by atoms with Crippen LogP contribution in [0.1, 0.15) is 34.1 Å². The molecule has 0 saturated carbocycles. The highest BCUT2D eigenvalue weighted by Gasteiger charge is 2.58. The molecule has 0 fully saturated rings. The van der Waals surface area contributed by atoms with Crippen molar-refractivity contribution in [3.63, 3.8) is 0 Å². The van der Waals surface area contributed by atoms with E-state index >= 15 is 0 Å². The van der Waals surface area contributed by atoms with Crippen LogP contribution in [-0.4, -0.2) is 52.8 Å². The number of fused-ring (bicyclic) bond motifs is 2. The number of nitrogens with two attached hydrogens (primary N) is 1. The molecular weight excluding hydrogens is 648 g/mol. The number of ether oxygens (including phenoxy) is 2. The Labute approximate surface area is 259 Å². The summed E-state index contributed by atoms with van der Waals surface area (Å²) in [5.74, 6) is -8.91. The number of aryl methyl sites for hydroxylation is 1. The summed E-state index contributed by atoms with van der Waals surface area (Å²) in [5, 5.41) is 13.2. The Morgan fingerprint density at radius 1 is 1.13 bits per heavy atom. The van der Waals surface area contributed by atoms with Crippen LogP contribution in [0.15, 0.2) is 42.6 Å². The number of alkyl halides is 5. The van der Waals surface area contributed by atoms with Crippen LogP contribution in [0.25, 0.3) is 22.2 Å². The third-order valence-electron chi connectivity index (χ3n) is 7.67. The number of nitrogens with one attached hydrogen (secondary N) is 1. The number of pyridine rings is 2. The molecule has 1 aliphatic heterocycles. The fourth-order valence-corrected chi connectivity index (χ4v) is 4.98. The van der Waals surface area contributed by atoms with Crippen molar-refractivity contribution in [2.45, 2.75) is 37.7 Å². The van der Waals surface area contributed by atoms with E-state index in [1.807, 2.05) is 5.32 Å². The molecule has 1 unspecified atom stereocenters. The number of hydrogen-bond donors (Lipinski definition) is 3. The Kier molecular flexibility index (Phi) is 8.24. The number of benzene rings is 2. The van der Waals surface area contributed by atoms with Crippen LogP contribution in [0.5, 0.6) is 11.5 Å². The lowest BCUT2D eigenvalue weighted by Crippen LogP contribution is -2.51. The maximum Gasteiger partial charge on any atom is 0.424 e. The van der Waals surface area contributed by atoms with E-state index in [0.717, 1.165) is 12.1 Å². The average molecular weight is 671 g/mol. The molecule has 0 radical (unpaired) electrons. The number of amides is 2. The van der Waals surface area contributed by atoms with Gasteiger partial charge >= 0.3 is 12.8 Å². The van der Waals surface area contributed by atoms with Gasteiger partial charge in [0, 0.05) is 28.3 Å². The van der Waals surface area contributed by atoms with Crippen molar-refractivity contribution in [3.8, 4) is 22.8 Å². The lowest BCUT2D eigenvalue weighted by atomic mass is 9.81. The molecule has 2 atom stereocenters. The van der Waals surface area contributed by atoms with Gasteiger partial charge in [-0.05, 0) is 55.8 Å². The number of aromatic nitrogens is 2. The Morgan fingerprint density at radius 3 is 2.47 bits per heavy atom. The molecule has 9 nitrogen and oxygen atoms in total. The predicted octanol–water partition coefficient (Wildman–Crippen LogP) is 4.94. The highest BCUT2D eigenvalue weighted by Crippen LogP contribution is 2.48. The van der Waals surface area contributed by atoms with Gasteiger partial charge in [-0.15, -0.1) is 0 Å². The smallest absolute Gasteiger partial charge is 0.424 e. The average Bonchev–Trinajstić information content (AvgIpc) is 3.34. The number of hydrogen-bond acceptors (Lipinski definition) is 7. The quantitative estimate of drug-likeness (QED) is 0.179. The van der Waals surface area contributed by atoms with E-state index in [2.05, 4.69) is 14.7 Å². The van der Waals surface area contributed by atoms with E-state index in [1.54, 1.807) is 6.92 Å². The zero-order valence-corrected chi connectivity index (χ0v) is 24.1. The summed E-state index contributed by atoms with van der Waals surface area (Å²) in [6, 6.07) is 5.16. The van der Waals surface area contributed by atoms with Crippen molar-refractivity contribution >= 4 is 22.7 Å². The van der Waals surface area contributed by atoms with E-state index in [-0.39, 0.29) is 10.9 Å². The molecule has 17 heteroatoms. The summed E-state index contributed by atoms with van der Waals surface area (Å²) in [6.07, 6.45) is -4.30. The normalized spacial score (nSPS) is 17.3. The summed E-state index contributed by atoms with van der Waals surface area (Å²) in [5.41, 5.74) is -3.84. The second-order valence-electron chi connectivity index (χ2n) is 10.9. The van der Waals surface area contributed by atoms with E-state index < -0.39 is 106 Å². The van der Waals surface area contributed by atoms with Gasteiger partial charge in [0.05, 0.1) is 12.2 Å². The first-order valence-electron chi connectivity index (χ1n) is 13.4. The van der Waals surface area contributed by atoms with Crippen LogP contribution >= 0.6 is 0 Å². The maximum atomic E-state index is 14.9. The molecule has 5 rings (SSSR count). The van der Waals surface area contributed by atoms with Gasteiger partial charge < -0.3 is 25.6 Å². The number of nitrogens with zero attached hydrogens (tertiary/aromatic N) is 2. The second kappa shape index (κ2) is 11.6. The Hall–Kier alpha value is -5.06. The topological polar surface area (TPSA) is 137 Å². The monoisotopic (exact) mass is 670 g/mol. The van der Waals surface area contributed by atoms with Crippen LogP contribution in [0.2, 0.25) is 0 Å². The van der Waals surface area contributed by atoms with E-state index in [4.69, 9.17) is 10.5 Å². The van der Waals surface area contributed by atoms with E-state index in [0.29, 0.717) is 23.8 Å². The van der Waals surface area contributed by atoms with Gasteiger partial charge in [0.25, 0.3) is 5.91 Å². The predicted molar refractivity (Wildman–Crippen MR) is 147 cm³/mol. The van der Waals surface area contributed by atoms with E-state index in [1.165, 1.54) is 19.2 Å². The van der Waals surface area contributed by atoms with E-state index in [9.17, 15) is 49.8 Å². The molecule has 4 N–H and O–H groups in total. The van der Waals surface area contributed by atoms with Crippen molar-refractivity contribution in [2.24, 2.45) is 5.73 Å². The molecule has 47 heavy (non-hydrogen) atoms. The summed E-state index contributed by atoms with van der Waals surface area (Å²) in [4.78, 5) is 33.2. The first kappa shape index (κ1) is 33.3. The second-order valence-corrected chi connectivity index (χ2v) is 10.9. The number of carbonyl (C=O) groups excluding carboxylic acids is 2. The highest BCUT2D eigenvalue weighted by molar-refractivity contribution is 6.00. The fraction of sp³-hybridized carbons (Fsp3) is 0.267. The summed E-state index contributed by atoms with van der Waals surface area (Å²) >= 11 is 0. The minimum atomic E-state index is -5.64. The van der Waals surface area contributed by atoms with Crippen molar-refractivity contribution < 1.29 is 59.3 Å². The van der Waals surface area contributed by atoms with Crippen molar-refractivity contribution in [2.75, 3.05) is 13.2 Å². The fourth-order valence-electron chi connectivity index (χ4n) is 4.98. The van der Waals surface area contributed by atoms with Gasteiger partial charge in [-0.2, -0.15) is 22.0 Å². The number of carbonyl (C=O) groups is 2. The molecule has 248 valence electrons. The lowest BCUT2D eigenvalue weighted by molar-refractivity contribution is -0.265. The SMILES string of the molecule is Cc1cnc2c(OC(F)F)cc(C(=O)NCC(O)(c3cc4c(c(-c5ccc(F)c(F)c5F)n3)OC[C@]4(C)C(N)=O)C(F)(F)F)cc2c1. The zero-order chi connectivity index (χ0) is 34.6. The molecule has 4 aromatic rings. The number of primary amides is 1.